The molecule has 1 amide bonds. The summed E-state index contributed by atoms with van der Waals surface area (Å²) >= 11 is 0. The predicted molar refractivity (Wildman–Crippen MR) is 85.6 cm³/mol. The molecule has 0 aliphatic heterocycles. The second kappa shape index (κ2) is 9.61. The molecule has 126 valence electrons. The maximum atomic E-state index is 11.8. The lowest BCUT2D eigenvalue weighted by Gasteiger charge is -2.16. The molecule has 1 atom stereocenters. The zero-order valence-electron chi connectivity index (χ0n) is 13.5. The van der Waals surface area contributed by atoms with Crippen LogP contribution in [0.1, 0.15) is 43.5 Å². The van der Waals surface area contributed by atoms with E-state index >= 15 is 0 Å². The molecule has 2 N–H and O–H groups in total. The van der Waals surface area contributed by atoms with E-state index in [0.29, 0.717) is 30.8 Å². The fourth-order valence-corrected chi connectivity index (χ4v) is 2.02. The highest BCUT2D eigenvalue weighted by Gasteiger charge is 2.20. The van der Waals surface area contributed by atoms with Crippen LogP contribution in [0.25, 0.3) is 0 Å². The SMILES string of the molecule is CC(C)CC(NC(=O)CCCOc1ccc(C=O)cc1)C(=O)O. The van der Waals surface area contributed by atoms with Crippen LogP contribution in [-0.4, -0.2) is 35.9 Å². The van der Waals surface area contributed by atoms with E-state index in [2.05, 4.69) is 5.32 Å². The van der Waals surface area contributed by atoms with Crippen LogP contribution in [0.4, 0.5) is 0 Å². The quantitative estimate of drug-likeness (QED) is 0.509. The largest absolute Gasteiger partial charge is 0.494 e. The van der Waals surface area contributed by atoms with E-state index in [0.717, 1.165) is 6.29 Å². The van der Waals surface area contributed by atoms with E-state index in [1.54, 1.807) is 24.3 Å². The van der Waals surface area contributed by atoms with Crippen LogP contribution in [0.5, 0.6) is 5.75 Å². The van der Waals surface area contributed by atoms with Crippen LogP contribution in [0.3, 0.4) is 0 Å². The maximum Gasteiger partial charge on any atom is 0.326 e. The van der Waals surface area contributed by atoms with Crippen molar-refractivity contribution in [3.8, 4) is 5.75 Å². The van der Waals surface area contributed by atoms with Crippen molar-refractivity contribution in [3.05, 3.63) is 29.8 Å². The van der Waals surface area contributed by atoms with E-state index in [-0.39, 0.29) is 18.2 Å². The lowest BCUT2D eigenvalue weighted by molar-refractivity contribution is -0.142. The van der Waals surface area contributed by atoms with Gasteiger partial charge in [0.2, 0.25) is 5.91 Å². The Morgan fingerprint density at radius 1 is 1.26 bits per heavy atom. The molecule has 1 unspecified atom stereocenters. The van der Waals surface area contributed by atoms with Crippen molar-refractivity contribution >= 4 is 18.2 Å². The lowest BCUT2D eigenvalue weighted by atomic mass is 10.0. The third kappa shape index (κ3) is 7.44. The standard InChI is InChI=1S/C17H23NO5/c1-12(2)10-15(17(21)22)18-16(20)4-3-9-23-14-7-5-13(11-19)6-8-14/h5-8,11-12,15H,3-4,9-10H2,1-2H3,(H,18,20)(H,21,22). The number of hydrogen-bond donors (Lipinski definition) is 2. The number of nitrogens with one attached hydrogen (secondary N) is 1. The van der Waals surface area contributed by atoms with Gasteiger partial charge in [-0.25, -0.2) is 4.79 Å². The van der Waals surface area contributed by atoms with E-state index in [9.17, 15) is 14.4 Å². The van der Waals surface area contributed by atoms with Crippen LogP contribution in [0, 0.1) is 5.92 Å². The molecule has 0 heterocycles. The number of rotatable bonds is 10. The first kappa shape index (κ1) is 18.7. The van der Waals surface area contributed by atoms with E-state index in [4.69, 9.17) is 9.84 Å². The molecular weight excluding hydrogens is 298 g/mol. The Balaban J connectivity index is 2.29. The molecule has 0 fully saturated rings. The molecule has 1 rings (SSSR count). The van der Waals surface area contributed by atoms with Crippen molar-refractivity contribution in [1.82, 2.24) is 5.32 Å². The third-order valence-corrected chi connectivity index (χ3v) is 3.17. The van der Waals surface area contributed by atoms with Gasteiger partial charge in [-0.15, -0.1) is 0 Å². The summed E-state index contributed by atoms with van der Waals surface area (Å²) in [5.74, 6) is -0.496. The van der Waals surface area contributed by atoms with Gasteiger partial charge in [0.15, 0.2) is 0 Å². The highest BCUT2D eigenvalue weighted by Crippen LogP contribution is 2.11. The number of aliphatic carboxylic acids is 1. The van der Waals surface area contributed by atoms with Gasteiger partial charge in [0, 0.05) is 12.0 Å². The lowest BCUT2D eigenvalue weighted by Crippen LogP contribution is -2.41. The van der Waals surface area contributed by atoms with Crippen LogP contribution in [0.15, 0.2) is 24.3 Å². The average Bonchev–Trinajstić information content (AvgIpc) is 2.51. The van der Waals surface area contributed by atoms with Gasteiger partial charge in [-0.05, 0) is 43.0 Å². The number of hydrogen-bond acceptors (Lipinski definition) is 4. The Bertz CT molecular complexity index is 524. The van der Waals surface area contributed by atoms with E-state index < -0.39 is 12.0 Å². The molecule has 0 aromatic heterocycles. The number of benzene rings is 1. The van der Waals surface area contributed by atoms with Crippen molar-refractivity contribution in [2.45, 2.75) is 39.2 Å². The zero-order chi connectivity index (χ0) is 17.2. The molecule has 0 aliphatic carbocycles. The van der Waals surface area contributed by atoms with Gasteiger partial charge < -0.3 is 15.2 Å². The minimum absolute atomic E-state index is 0.189. The molecule has 6 heteroatoms. The Morgan fingerprint density at radius 2 is 1.91 bits per heavy atom. The summed E-state index contributed by atoms with van der Waals surface area (Å²) in [4.78, 5) is 33.4. The second-order valence-electron chi connectivity index (χ2n) is 5.73. The van der Waals surface area contributed by atoms with Crippen LogP contribution < -0.4 is 10.1 Å². The molecule has 0 saturated carbocycles. The van der Waals surface area contributed by atoms with Gasteiger partial charge in [0.25, 0.3) is 0 Å². The fraction of sp³-hybridized carbons (Fsp3) is 0.471. The Labute approximate surface area is 135 Å². The van der Waals surface area contributed by atoms with Gasteiger partial charge in [-0.2, -0.15) is 0 Å². The molecule has 0 saturated heterocycles. The average molecular weight is 321 g/mol. The number of ether oxygens (including phenoxy) is 1. The first-order valence-corrected chi connectivity index (χ1v) is 7.62. The van der Waals surface area contributed by atoms with Gasteiger partial charge in [-0.3, -0.25) is 9.59 Å². The summed E-state index contributed by atoms with van der Waals surface area (Å²) in [6.07, 6.45) is 1.84. The Kier molecular flexibility index (Phi) is 7.80. The molecule has 0 aliphatic rings. The Hall–Kier alpha value is -2.37. The highest BCUT2D eigenvalue weighted by molar-refractivity contribution is 5.83. The zero-order valence-corrected chi connectivity index (χ0v) is 13.5. The first-order valence-electron chi connectivity index (χ1n) is 7.62. The van der Waals surface area contributed by atoms with E-state index in [1.165, 1.54) is 0 Å². The Morgan fingerprint density at radius 3 is 2.43 bits per heavy atom. The smallest absolute Gasteiger partial charge is 0.326 e. The molecule has 0 bridgehead atoms. The maximum absolute atomic E-state index is 11.8. The summed E-state index contributed by atoms with van der Waals surface area (Å²) < 4.78 is 5.46. The fourth-order valence-electron chi connectivity index (χ4n) is 2.02. The highest BCUT2D eigenvalue weighted by atomic mass is 16.5. The molecule has 1 aromatic carbocycles. The van der Waals surface area contributed by atoms with Crippen molar-refractivity contribution in [3.63, 3.8) is 0 Å². The van der Waals surface area contributed by atoms with Gasteiger partial charge in [0.05, 0.1) is 6.61 Å². The van der Waals surface area contributed by atoms with Gasteiger partial charge in [-0.1, -0.05) is 13.8 Å². The monoisotopic (exact) mass is 321 g/mol. The van der Waals surface area contributed by atoms with Crippen molar-refractivity contribution in [1.29, 1.82) is 0 Å². The molecule has 1 aromatic rings. The van der Waals surface area contributed by atoms with E-state index in [1.807, 2.05) is 13.8 Å². The summed E-state index contributed by atoms with van der Waals surface area (Å²) in [7, 11) is 0. The number of amides is 1. The molecular formula is C17H23NO5. The van der Waals surface area contributed by atoms with Crippen LogP contribution in [0.2, 0.25) is 0 Å². The summed E-state index contributed by atoms with van der Waals surface area (Å²) in [5, 5.41) is 11.6. The normalized spacial score (nSPS) is 11.8. The minimum atomic E-state index is -1.02. The predicted octanol–water partition coefficient (Wildman–Crippen LogP) is 2.27. The molecule has 0 spiro atoms. The summed E-state index contributed by atoms with van der Waals surface area (Å²) in [6.45, 7) is 4.16. The minimum Gasteiger partial charge on any atom is -0.494 e. The topological polar surface area (TPSA) is 92.7 Å². The molecule has 23 heavy (non-hydrogen) atoms. The molecule has 6 nitrogen and oxygen atoms in total. The number of carboxylic acid groups (broad SMARTS) is 1. The number of carbonyl (C=O) groups is 3. The van der Waals surface area contributed by atoms with Crippen LogP contribution in [-0.2, 0) is 9.59 Å². The summed E-state index contributed by atoms with van der Waals surface area (Å²) in [6, 6.07) is 5.83. The van der Waals surface area contributed by atoms with Crippen molar-refractivity contribution in [2.75, 3.05) is 6.61 Å². The first-order chi connectivity index (χ1) is 10.9. The number of carbonyl (C=O) groups excluding carboxylic acids is 2. The van der Waals surface area contributed by atoms with Gasteiger partial charge in [0.1, 0.15) is 18.1 Å². The van der Waals surface area contributed by atoms with Gasteiger partial charge >= 0.3 is 5.97 Å². The van der Waals surface area contributed by atoms with Crippen LogP contribution >= 0.6 is 0 Å². The third-order valence-electron chi connectivity index (χ3n) is 3.17. The van der Waals surface area contributed by atoms with Crippen molar-refractivity contribution < 1.29 is 24.2 Å². The second-order valence-corrected chi connectivity index (χ2v) is 5.73. The number of aldehydes is 1. The summed E-state index contributed by atoms with van der Waals surface area (Å²) in [5.41, 5.74) is 0.571. The van der Waals surface area contributed by atoms with Crippen molar-refractivity contribution in [2.24, 2.45) is 5.92 Å². The number of carboxylic acids is 1. The molecule has 0 radical (unpaired) electrons.